The van der Waals surface area contributed by atoms with Crippen molar-refractivity contribution in [2.45, 2.75) is 101 Å². The van der Waals surface area contributed by atoms with Crippen LogP contribution in [0.15, 0.2) is 121 Å². The second-order valence-electron chi connectivity index (χ2n) is 19.7. The van der Waals surface area contributed by atoms with E-state index >= 15 is 4.79 Å². The molecule has 1 saturated carbocycles. The zero-order valence-electron chi connectivity index (χ0n) is 37.8. The summed E-state index contributed by atoms with van der Waals surface area (Å²) in [6.07, 6.45) is 14.0. The van der Waals surface area contributed by atoms with E-state index < -0.39 is 0 Å². The third-order valence-electron chi connectivity index (χ3n) is 15.8. The van der Waals surface area contributed by atoms with Gasteiger partial charge in [0.15, 0.2) is 0 Å². The predicted octanol–water partition coefficient (Wildman–Crippen LogP) is 10.9. The van der Waals surface area contributed by atoms with Crippen LogP contribution >= 0.6 is 0 Å². The van der Waals surface area contributed by atoms with E-state index in [-0.39, 0.29) is 42.0 Å². The molecule has 336 valence electrons. The summed E-state index contributed by atoms with van der Waals surface area (Å²) in [5, 5.41) is 2.32. The van der Waals surface area contributed by atoms with Crippen molar-refractivity contribution in [1.29, 1.82) is 0 Å². The van der Waals surface area contributed by atoms with E-state index in [2.05, 4.69) is 121 Å². The molecule has 12 rings (SSSR count). The molecular formula is C56H60N8O2. The number of hydrogen-bond donors (Lipinski definition) is 2. The van der Waals surface area contributed by atoms with Crippen molar-refractivity contribution in [2.24, 2.45) is 5.92 Å². The minimum Gasteiger partial charge on any atom is -0.340 e. The van der Waals surface area contributed by atoms with E-state index in [9.17, 15) is 4.79 Å². The van der Waals surface area contributed by atoms with Crippen LogP contribution in [-0.2, 0) is 9.59 Å². The number of fused-ring (bicyclic) bond motifs is 3. The molecule has 0 spiro atoms. The van der Waals surface area contributed by atoms with Crippen LogP contribution < -0.4 is 0 Å². The average Bonchev–Trinajstić information content (AvgIpc) is 4.22. The highest BCUT2D eigenvalue weighted by Gasteiger charge is 2.49. The van der Waals surface area contributed by atoms with Gasteiger partial charge in [-0.05, 0) is 147 Å². The highest BCUT2D eigenvalue weighted by molar-refractivity contribution is 5.92. The van der Waals surface area contributed by atoms with Crippen LogP contribution in [0.3, 0.4) is 0 Å². The maximum Gasteiger partial charge on any atom is 0.245 e. The number of imidazole rings is 2. The van der Waals surface area contributed by atoms with Crippen LogP contribution in [0.4, 0.5) is 0 Å². The summed E-state index contributed by atoms with van der Waals surface area (Å²) in [4.78, 5) is 56.1. The van der Waals surface area contributed by atoms with Crippen molar-refractivity contribution in [3.05, 3.63) is 144 Å². The van der Waals surface area contributed by atoms with Gasteiger partial charge in [0.2, 0.25) is 11.8 Å². The number of rotatable bonds is 10. The van der Waals surface area contributed by atoms with Crippen LogP contribution in [0.2, 0.25) is 0 Å². The largest absolute Gasteiger partial charge is 0.340 e. The predicted molar refractivity (Wildman–Crippen MR) is 260 cm³/mol. The van der Waals surface area contributed by atoms with Gasteiger partial charge in [0.05, 0.1) is 35.0 Å². The van der Waals surface area contributed by atoms with E-state index in [4.69, 9.17) is 9.97 Å². The normalized spacial score (nSPS) is 23.5. The summed E-state index contributed by atoms with van der Waals surface area (Å²) in [5.41, 5.74) is 8.43. The van der Waals surface area contributed by atoms with Gasteiger partial charge in [-0.2, -0.15) is 0 Å². The summed E-state index contributed by atoms with van der Waals surface area (Å²) in [5.74, 6) is 2.71. The Morgan fingerprint density at radius 1 is 0.561 bits per heavy atom. The Labute approximate surface area is 387 Å². The highest BCUT2D eigenvalue weighted by atomic mass is 16.2. The molecule has 5 fully saturated rings. The van der Waals surface area contributed by atoms with Gasteiger partial charge in [0.25, 0.3) is 0 Å². The van der Waals surface area contributed by atoms with Gasteiger partial charge in [-0.15, -0.1) is 0 Å². The van der Waals surface area contributed by atoms with Crippen molar-refractivity contribution in [3.63, 3.8) is 0 Å². The van der Waals surface area contributed by atoms with Gasteiger partial charge >= 0.3 is 0 Å². The van der Waals surface area contributed by atoms with Crippen LogP contribution in [0.1, 0.15) is 118 Å². The molecule has 1 aliphatic carbocycles. The van der Waals surface area contributed by atoms with E-state index in [1.807, 2.05) is 30.5 Å². The molecule has 5 aliphatic rings. The number of aromatic amines is 2. The van der Waals surface area contributed by atoms with Crippen LogP contribution in [0.25, 0.3) is 44.2 Å². The lowest BCUT2D eigenvalue weighted by atomic mass is 9.84. The molecule has 4 saturated heterocycles. The highest BCUT2D eigenvalue weighted by Crippen LogP contribution is 2.48. The molecule has 6 heterocycles. The van der Waals surface area contributed by atoms with Crippen LogP contribution in [-0.4, -0.2) is 90.1 Å². The average molecular weight is 877 g/mol. The number of likely N-dealkylation sites (tertiary alicyclic amines) is 4. The molecule has 2 amide bonds. The second kappa shape index (κ2) is 17.6. The molecule has 10 heteroatoms. The molecular weight excluding hydrogens is 817 g/mol. The number of carbonyl (C=O) groups is 2. The quantitative estimate of drug-likeness (QED) is 0.142. The lowest BCUT2D eigenvalue weighted by molar-refractivity contribution is -0.141. The Bertz CT molecular complexity index is 2860. The number of nitrogens with one attached hydrogen (secondary N) is 2. The van der Waals surface area contributed by atoms with E-state index in [1.54, 1.807) is 0 Å². The maximum absolute atomic E-state index is 15.0. The summed E-state index contributed by atoms with van der Waals surface area (Å²) >= 11 is 0. The van der Waals surface area contributed by atoms with Gasteiger partial charge in [-0.1, -0.05) is 104 Å². The fourth-order valence-corrected chi connectivity index (χ4v) is 12.5. The Morgan fingerprint density at radius 3 is 1.89 bits per heavy atom. The van der Waals surface area contributed by atoms with Gasteiger partial charge in [0, 0.05) is 18.2 Å². The Morgan fingerprint density at radius 2 is 1.18 bits per heavy atom. The maximum atomic E-state index is 15.0. The number of benzene rings is 5. The number of aromatic nitrogens is 4. The van der Waals surface area contributed by atoms with Crippen molar-refractivity contribution < 1.29 is 9.59 Å². The van der Waals surface area contributed by atoms with Gasteiger partial charge in [0.1, 0.15) is 23.7 Å². The number of nitrogens with zero attached hydrogens (tertiary/aromatic N) is 6. The number of H-pyrrole nitrogens is 2. The Hall–Kier alpha value is -6.10. The minimum atomic E-state index is -0.258. The molecule has 2 aromatic heterocycles. The van der Waals surface area contributed by atoms with Gasteiger partial charge in [-0.3, -0.25) is 19.4 Å². The SMILES string of the molecule is O=C([C@@H](c1ccccc1)N1CCCC1)N1CCC[C@H]1c1ncc(-c2ccc3cc(-c4ccc5nc([C@@H]6C[C@@H]7CCCC[C@@H]7N6C(=O)[C@@H](c6ccccc6)N6CCCC6)[nH]c5c4)ccc3c2)[nH]1. The molecule has 10 nitrogen and oxygen atoms in total. The molecule has 6 atom stereocenters. The van der Waals surface area contributed by atoms with Gasteiger partial charge < -0.3 is 19.8 Å². The molecule has 7 aromatic rings. The molecule has 4 aliphatic heterocycles. The standard InChI is InChI=1S/C56H60N8O2/c65-55(51(61-27-9-10-28-61)37-14-3-1-4-15-37)63-31-13-20-49(63)53-57-36-47(60-53)43-24-23-39-32-40(21-22-41(39)33-43)42-25-26-45-46(34-42)59-54(58-45)50-35-44-18-7-8-19-48(44)64(50)56(66)52(62-29-11-12-30-62)38-16-5-2-6-17-38/h1-6,14-17,21-26,32-34,36,44,48-52H,7-13,18-20,27-31,35H2,(H,57,60)(H,58,59)/t44-,48-,49-,50-,51+,52+/m0/s1. The summed E-state index contributed by atoms with van der Waals surface area (Å²) in [6.45, 7) is 4.59. The number of hydrogen-bond acceptors (Lipinski definition) is 6. The first-order valence-corrected chi connectivity index (χ1v) is 24.8. The zero-order chi connectivity index (χ0) is 44.1. The number of carbonyl (C=O) groups excluding carboxylic acids is 2. The fourth-order valence-electron chi connectivity index (χ4n) is 12.5. The van der Waals surface area contributed by atoms with Gasteiger partial charge in [-0.25, -0.2) is 9.97 Å². The van der Waals surface area contributed by atoms with Crippen LogP contribution in [0, 0.1) is 5.92 Å². The topological polar surface area (TPSA) is 104 Å². The van der Waals surface area contributed by atoms with E-state index in [0.29, 0.717) is 5.92 Å². The molecule has 0 radical (unpaired) electrons. The summed E-state index contributed by atoms with van der Waals surface area (Å²) in [6, 6.07) is 40.2. The lowest BCUT2D eigenvalue weighted by Gasteiger charge is -2.38. The molecule has 66 heavy (non-hydrogen) atoms. The first-order valence-electron chi connectivity index (χ1n) is 24.8. The third-order valence-corrected chi connectivity index (χ3v) is 15.8. The van der Waals surface area contributed by atoms with Crippen molar-refractivity contribution >= 4 is 33.6 Å². The summed E-state index contributed by atoms with van der Waals surface area (Å²) in [7, 11) is 0. The Balaban J connectivity index is 0.785. The fraction of sp³-hybridized carbons (Fsp3) is 0.393. The molecule has 0 bridgehead atoms. The molecule has 2 N–H and O–H groups in total. The third kappa shape index (κ3) is 7.61. The first kappa shape index (κ1) is 41.3. The monoisotopic (exact) mass is 876 g/mol. The van der Waals surface area contributed by atoms with Crippen molar-refractivity contribution in [1.82, 2.24) is 39.5 Å². The van der Waals surface area contributed by atoms with Crippen molar-refractivity contribution in [2.75, 3.05) is 32.7 Å². The molecule has 5 aromatic carbocycles. The lowest BCUT2D eigenvalue weighted by Crippen LogP contribution is -2.47. The van der Waals surface area contributed by atoms with Crippen LogP contribution in [0.5, 0.6) is 0 Å². The minimum absolute atomic E-state index is 0.0672. The number of amides is 2. The zero-order valence-corrected chi connectivity index (χ0v) is 37.8. The van der Waals surface area contributed by atoms with E-state index in [1.165, 1.54) is 19.3 Å². The summed E-state index contributed by atoms with van der Waals surface area (Å²) < 4.78 is 0. The smallest absolute Gasteiger partial charge is 0.245 e. The van der Waals surface area contributed by atoms with E-state index in [0.717, 1.165) is 151 Å². The van der Waals surface area contributed by atoms with Crippen molar-refractivity contribution in [3.8, 4) is 22.4 Å². The first-order chi connectivity index (χ1) is 32.5. The Kier molecular flexibility index (Phi) is 11.0. The molecule has 0 unspecified atom stereocenters. The second-order valence-corrected chi connectivity index (χ2v) is 19.7.